The Labute approximate surface area is 222 Å². The van der Waals surface area contributed by atoms with E-state index >= 15 is 0 Å². The van der Waals surface area contributed by atoms with Gasteiger partial charge >= 0.3 is 12.4 Å². The highest BCUT2D eigenvalue weighted by molar-refractivity contribution is 7.90. The minimum Gasteiger partial charge on any atom is -0.349 e. The van der Waals surface area contributed by atoms with E-state index in [1.54, 1.807) is 0 Å². The standard InChI is InChI=1S/C22H17Cl3F7NO3S/c1-10(9-37(2,35)36)33-20(34)13-4-3-11(5-15(13)22(30,31)32)18(26)8-14(21(27,28)29)12-6-16(23)19(25)17(24)7-12/h3-8,10,14H,9H2,1-2H3,(H,33,34)/b18-8-. The molecule has 0 aliphatic rings. The molecule has 15 heteroatoms. The first kappa shape index (κ1) is 31.2. The van der Waals surface area contributed by atoms with Crippen LogP contribution in [-0.4, -0.2) is 38.6 Å². The summed E-state index contributed by atoms with van der Waals surface area (Å²) in [4.78, 5) is 12.4. The normalized spacial score (nSPS) is 14.9. The molecule has 4 nitrogen and oxygen atoms in total. The average molecular weight is 615 g/mol. The largest absolute Gasteiger partial charge is 0.417 e. The summed E-state index contributed by atoms with van der Waals surface area (Å²) >= 11 is 17.3. The summed E-state index contributed by atoms with van der Waals surface area (Å²) in [6.07, 6.45) is -9.40. The van der Waals surface area contributed by atoms with Crippen molar-refractivity contribution in [2.45, 2.75) is 31.2 Å². The Morgan fingerprint density at radius 2 is 1.57 bits per heavy atom. The predicted octanol–water partition coefficient (Wildman–Crippen LogP) is 7.49. The van der Waals surface area contributed by atoms with Crippen LogP contribution in [-0.2, 0) is 16.0 Å². The molecule has 0 saturated carbocycles. The summed E-state index contributed by atoms with van der Waals surface area (Å²) < 4.78 is 120. The van der Waals surface area contributed by atoms with Crippen molar-refractivity contribution in [2.24, 2.45) is 0 Å². The number of benzene rings is 2. The Balaban J connectivity index is 2.54. The molecule has 2 rings (SSSR count). The minimum atomic E-state index is -5.20. The van der Waals surface area contributed by atoms with Crippen molar-refractivity contribution in [1.82, 2.24) is 5.32 Å². The lowest BCUT2D eigenvalue weighted by molar-refractivity contribution is -0.140. The van der Waals surface area contributed by atoms with Gasteiger partial charge < -0.3 is 5.32 Å². The molecule has 0 bridgehead atoms. The summed E-state index contributed by atoms with van der Waals surface area (Å²) in [5, 5.41) is 1.14. The third-order valence-corrected chi connectivity index (χ3v) is 7.11. The minimum absolute atomic E-state index is 0.0410. The lowest BCUT2D eigenvalue weighted by Gasteiger charge is -2.19. The Bertz CT molecular complexity index is 1300. The van der Waals surface area contributed by atoms with Crippen LogP contribution in [0.1, 0.15) is 39.9 Å². The van der Waals surface area contributed by atoms with Crippen molar-refractivity contribution in [3.05, 3.63) is 73.7 Å². The van der Waals surface area contributed by atoms with Crippen LogP contribution in [0.25, 0.3) is 5.83 Å². The first-order chi connectivity index (χ1) is 16.7. The molecule has 1 amide bonds. The number of amides is 1. The Hall–Kier alpha value is -2.02. The first-order valence-corrected chi connectivity index (χ1v) is 13.2. The Morgan fingerprint density at radius 1 is 1.03 bits per heavy atom. The zero-order valence-corrected chi connectivity index (χ0v) is 21.8. The van der Waals surface area contributed by atoms with Gasteiger partial charge in [-0.2, -0.15) is 26.3 Å². The number of nitrogens with one attached hydrogen (secondary N) is 1. The maximum Gasteiger partial charge on any atom is 0.417 e. The van der Waals surface area contributed by atoms with Gasteiger partial charge in [0.05, 0.1) is 31.9 Å². The van der Waals surface area contributed by atoms with Crippen LogP contribution < -0.4 is 5.32 Å². The number of carbonyl (C=O) groups is 1. The van der Waals surface area contributed by atoms with Crippen LogP contribution in [0.3, 0.4) is 0 Å². The van der Waals surface area contributed by atoms with E-state index in [0.717, 1.165) is 18.4 Å². The highest BCUT2D eigenvalue weighted by Crippen LogP contribution is 2.42. The molecule has 0 radical (unpaired) electrons. The summed E-state index contributed by atoms with van der Waals surface area (Å²) in [5.74, 6) is -6.20. The third-order valence-electron chi connectivity index (χ3n) is 4.81. The number of allylic oxidation sites excluding steroid dienone is 1. The van der Waals surface area contributed by atoms with Crippen molar-refractivity contribution in [3.8, 4) is 0 Å². The molecule has 0 aliphatic carbocycles. The smallest absolute Gasteiger partial charge is 0.349 e. The number of hydrogen-bond acceptors (Lipinski definition) is 3. The van der Waals surface area contributed by atoms with E-state index in [1.807, 2.05) is 0 Å². The lowest BCUT2D eigenvalue weighted by Crippen LogP contribution is -2.38. The van der Waals surface area contributed by atoms with Crippen LogP contribution in [0.4, 0.5) is 30.7 Å². The van der Waals surface area contributed by atoms with Crippen molar-refractivity contribution in [1.29, 1.82) is 0 Å². The lowest BCUT2D eigenvalue weighted by atomic mass is 9.95. The molecule has 2 atom stereocenters. The highest BCUT2D eigenvalue weighted by atomic mass is 35.5. The molecule has 204 valence electrons. The third kappa shape index (κ3) is 8.49. The fraction of sp³-hybridized carbons (Fsp3) is 0.318. The van der Waals surface area contributed by atoms with E-state index in [2.05, 4.69) is 5.32 Å². The zero-order valence-electron chi connectivity index (χ0n) is 18.7. The molecule has 37 heavy (non-hydrogen) atoms. The SMILES string of the molecule is CC(CS(C)(=O)=O)NC(=O)c1ccc(/C(F)=C/C(c2cc(Cl)c(Cl)c(Cl)c2)C(F)(F)F)cc1C(F)(F)F. The number of rotatable bonds is 7. The van der Waals surface area contributed by atoms with Gasteiger partial charge in [0.1, 0.15) is 21.6 Å². The van der Waals surface area contributed by atoms with Crippen molar-refractivity contribution in [2.75, 3.05) is 12.0 Å². The van der Waals surface area contributed by atoms with E-state index in [1.165, 1.54) is 6.92 Å². The van der Waals surface area contributed by atoms with Crippen LogP contribution >= 0.6 is 34.8 Å². The van der Waals surface area contributed by atoms with E-state index in [9.17, 15) is 43.9 Å². The molecule has 0 spiro atoms. The van der Waals surface area contributed by atoms with Crippen LogP contribution in [0.15, 0.2) is 36.4 Å². The number of hydrogen-bond donors (Lipinski definition) is 1. The van der Waals surface area contributed by atoms with Gasteiger partial charge in [-0.1, -0.05) is 40.9 Å². The van der Waals surface area contributed by atoms with Gasteiger partial charge in [-0.25, -0.2) is 12.8 Å². The molecule has 2 unspecified atom stereocenters. The second kappa shape index (κ2) is 11.4. The molecule has 1 N–H and O–H groups in total. The summed E-state index contributed by atoms with van der Waals surface area (Å²) in [6.45, 7) is 1.25. The van der Waals surface area contributed by atoms with Crippen LogP contribution in [0, 0.1) is 0 Å². The summed E-state index contributed by atoms with van der Waals surface area (Å²) in [7, 11) is -3.57. The molecular formula is C22H17Cl3F7NO3S. The molecule has 0 aromatic heterocycles. The maximum absolute atomic E-state index is 14.9. The van der Waals surface area contributed by atoms with Crippen molar-refractivity contribution >= 4 is 56.4 Å². The summed E-state index contributed by atoms with van der Waals surface area (Å²) in [6, 6.07) is 1.97. The molecular weight excluding hydrogens is 598 g/mol. The average Bonchev–Trinajstić information content (AvgIpc) is 2.72. The molecule has 0 aliphatic heterocycles. The van der Waals surface area contributed by atoms with Gasteiger partial charge in [-0.3, -0.25) is 4.79 Å². The van der Waals surface area contributed by atoms with Gasteiger partial charge in [-0.15, -0.1) is 0 Å². The van der Waals surface area contributed by atoms with Gasteiger partial charge in [0.25, 0.3) is 5.91 Å². The maximum atomic E-state index is 14.9. The Morgan fingerprint density at radius 3 is 2.03 bits per heavy atom. The molecule has 2 aromatic rings. The number of carbonyl (C=O) groups excluding carboxylic acids is 1. The number of alkyl halides is 6. The molecule has 0 saturated heterocycles. The van der Waals surface area contributed by atoms with Crippen LogP contribution in [0.5, 0.6) is 0 Å². The van der Waals surface area contributed by atoms with E-state index in [-0.39, 0.29) is 27.2 Å². The van der Waals surface area contributed by atoms with E-state index in [4.69, 9.17) is 34.8 Å². The first-order valence-electron chi connectivity index (χ1n) is 9.99. The highest BCUT2D eigenvalue weighted by Gasteiger charge is 2.41. The van der Waals surface area contributed by atoms with Crippen molar-refractivity contribution in [3.63, 3.8) is 0 Å². The van der Waals surface area contributed by atoms with Gasteiger partial charge in [-0.05, 0) is 42.8 Å². The van der Waals surface area contributed by atoms with Gasteiger partial charge in [0.2, 0.25) is 0 Å². The monoisotopic (exact) mass is 613 g/mol. The summed E-state index contributed by atoms with van der Waals surface area (Å²) in [5.41, 5.74) is -4.13. The second-order valence-electron chi connectivity index (χ2n) is 8.06. The van der Waals surface area contributed by atoms with E-state index < -0.39 is 73.9 Å². The molecule has 0 fully saturated rings. The second-order valence-corrected chi connectivity index (χ2v) is 11.4. The van der Waals surface area contributed by atoms with Gasteiger partial charge in [0, 0.05) is 17.9 Å². The quantitative estimate of drug-likeness (QED) is 0.260. The fourth-order valence-corrected chi connectivity index (χ4v) is 4.90. The van der Waals surface area contributed by atoms with Crippen molar-refractivity contribution < 1.29 is 43.9 Å². The van der Waals surface area contributed by atoms with E-state index in [0.29, 0.717) is 12.1 Å². The van der Waals surface area contributed by atoms with Crippen LogP contribution in [0.2, 0.25) is 15.1 Å². The number of sulfone groups is 1. The Kier molecular flexibility index (Phi) is 9.60. The molecule has 0 heterocycles. The number of halogens is 10. The molecule has 2 aromatic carbocycles. The fourth-order valence-electron chi connectivity index (χ4n) is 3.30. The zero-order chi connectivity index (χ0) is 28.5. The van der Waals surface area contributed by atoms with Gasteiger partial charge in [0.15, 0.2) is 0 Å². The predicted molar refractivity (Wildman–Crippen MR) is 127 cm³/mol. The topological polar surface area (TPSA) is 63.2 Å².